The van der Waals surface area contributed by atoms with Crippen LogP contribution in [0.15, 0.2) is 23.1 Å². The van der Waals surface area contributed by atoms with Crippen LogP contribution < -0.4 is 0 Å². The summed E-state index contributed by atoms with van der Waals surface area (Å²) in [5, 5.41) is 1.07. The lowest BCUT2D eigenvalue weighted by molar-refractivity contribution is -0.136. The molecule has 0 heterocycles. The lowest BCUT2D eigenvalue weighted by atomic mass is 10.2. The molecule has 0 spiro atoms. The Balaban J connectivity index is 5.54. The van der Waals surface area contributed by atoms with Crippen LogP contribution in [0.3, 0.4) is 0 Å². The Kier molecular flexibility index (Phi) is 5.62. The van der Waals surface area contributed by atoms with Crippen LogP contribution in [0, 0.1) is 0 Å². The Labute approximate surface area is 113 Å². The summed E-state index contributed by atoms with van der Waals surface area (Å²) in [5.74, 6) is 0.110. The van der Waals surface area contributed by atoms with Crippen LogP contribution in [-0.4, -0.2) is 29.5 Å². The topological polar surface area (TPSA) is 35.5 Å². The normalized spacial score (nSPS) is 13.8. The van der Waals surface area contributed by atoms with E-state index in [-0.39, 0.29) is 5.97 Å². The van der Waals surface area contributed by atoms with Crippen LogP contribution in [0.2, 0.25) is 39.3 Å². The van der Waals surface area contributed by atoms with Gasteiger partial charge in [-0.15, -0.1) is 0 Å². The molecular weight excluding hydrogens is 260 g/mol. The zero-order chi connectivity index (χ0) is 14.7. The van der Waals surface area contributed by atoms with Gasteiger partial charge in [-0.3, -0.25) is 0 Å². The Bertz CT molecular complexity index is 371. The highest BCUT2D eigenvalue weighted by atomic mass is 28.4. The number of rotatable bonds is 5. The predicted molar refractivity (Wildman–Crippen MR) is 81.6 cm³/mol. The fraction of sp³-hybridized carbons (Fsp3) is 0.615. The lowest BCUT2D eigenvalue weighted by Crippen LogP contribution is -2.30. The van der Waals surface area contributed by atoms with E-state index in [9.17, 15) is 4.79 Å². The fourth-order valence-electron chi connectivity index (χ4n) is 1.37. The summed E-state index contributed by atoms with van der Waals surface area (Å²) >= 11 is 0. The molecule has 0 radical (unpaired) electrons. The first kappa shape index (κ1) is 17.2. The van der Waals surface area contributed by atoms with E-state index < -0.39 is 16.4 Å². The number of carbonyl (C=O) groups is 1. The minimum atomic E-state index is -1.77. The summed E-state index contributed by atoms with van der Waals surface area (Å²) < 4.78 is 10.7. The summed E-state index contributed by atoms with van der Waals surface area (Å²) in [5.41, 5.74) is 0.527. The van der Waals surface area contributed by atoms with Crippen molar-refractivity contribution in [1.29, 1.82) is 0 Å². The zero-order valence-corrected chi connectivity index (χ0v) is 14.9. The smallest absolute Gasteiger partial charge is 0.341 e. The SMILES string of the molecule is C=C(O[Si](C)(C)C)/C(C(=O)OC)=C(/C)[Si](C)(C)C. The molecule has 0 aliphatic carbocycles. The third kappa shape index (κ3) is 5.22. The molecule has 0 aliphatic heterocycles. The maximum absolute atomic E-state index is 11.9. The molecule has 0 saturated heterocycles. The van der Waals surface area contributed by atoms with E-state index in [0.717, 1.165) is 5.20 Å². The maximum atomic E-state index is 11.9. The Morgan fingerprint density at radius 3 is 1.78 bits per heavy atom. The van der Waals surface area contributed by atoms with Gasteiger partial charge in [0.2, 0.25) is 8.32 Å². The van der Waals surface area contributed by atoms with E-state index in [1.807, 2.05) is 6.92 Å². The minimum absolute atomic E-state index is 0.349. The van der Waals surface area contributed by atoms with E-state index in [0.29, 0.717) is 11.3 Å². The highest BCUT2D eigenvalue weighted by molar-refractivity contribution is 6.83. The van der Waals surface area contributed by atoms with Gasteiger partial charge < -0.3 is 9.16 Å². The Morgan fingerprint density at radius 2 is 1.50 bits per heavy atom. The van der Waals surface area contributed by atoms with E-state index >= 15 is 0 Å². The van der Waals surface area contributed by atoms with Crippen molar-refractivity contribution >= 4 is 22.4 Å². The molecule has 0 aromatic carbocycles. The molecule has 18 heavy (non-hydrogen) atoms. The second-order valence-corrected chi connectivity index (χ2v) is 16.1. The number of allylic oxidation sites excluding steroid dienone is 1. The van der Waals surface area contributed by atoms with Crippen LogP contribution in [0.1, 0.15) is 6.92 Å². The molecule has 0 fully saturated rings. The third-order valence-corrected chi connectivity index (χ3v) is 5.96. The summed E-state index contributed by atoms with van der Waals surface area (Å²) in [6.45, 7) is 18.7. The van der Waals surface area contributed by atoms with Gasteiger partial charge in [-0.25, -0.2) is 4.79 Å². The van der Waals surface area contributed by atoms with Gasteiger partial charge in [0.15, 0.2) is 0 Å². The Hall–Kier alpha value is -0.816. The summed E-state index contributed by atoms with van der Waals surface area (Å²) in [7, 11) is -1.97. The van der Waals surface area contributed by atoms with Crippen LogP contribution in [0.25, 0.3) is 0 Å². The average molecular weight is 287 g/mol. The van der Waals surface area contributed by atoms with E-state index in [4.69, 9.17) is 9.16 Å². The molecule has 0 aliphatic rings. The van der Waals surface area contributed by atoms with Gasteiger partial charge in [0.1, 0.15) is 5.76 Å². The molecule has 0 atom stereocenters. The largest absolute Gasteiger partial charge is 0.544 e. The lowest BCUT2D eigenvalue weighted by Gasteiger charge is -2.26. The summed E-state index contributed by atoms with van der Waals surface area (Å²) in [6.07, 6.45) is 0. The number of ether oxygens (including phenoxy) is 1. The van der Waals surface area contributed by atoms with Crippen LogP contribution in [0.5, 0.6) is 0 Å². The van der Waals surface area contributed by atoms with Crippen molar-refractivity contribution in [2.75, 3.05) is 7.11 Å². The monoisotopic (exact) mass is 286 g/mol. The van der Waals surface area contributed by atoms with Crippen molar-refractivity contribution in [3.05, 3.63) is 23.1 Å². The molecule has 3 nitrogen and oxygen atoms in total. The maximum Gasteiger partial charge on any atom is 0.341 e. The molecule has 0 unspecified atom stereocenters. The van der Waals surface area contributed by atoms with Gasteiger partial charge >= 0.3 is 5.97 Å². The second-order valence-electron chi connectivity index (χ2n) is 6.38. The number of hydrogen-bond donors (Lipinski definition) is 0. The molecular formula is C13H26O3Si2. The van der Waals surface area contributed by atoms with Crippen molar-refractivity contribution in [3.63, 3.8) is 0 Å². The molecule has 0 aromatic heterocycles. The van der Waals surface area contributed by atoms with Crippen molar-refractivity contribution in [1.82, 2.24) is 0 Å². The van der Waals surface area contributed by atoms with Crippen molar-refractivity contribution in [3.8, 4) is 0 Å². The first-order chi connectivity index (χ1) is 7.90. The molecule has 0 amide bonds. The van der Waals surface area contributed by atoms with Gasteiger partial charge in [0.25, 0.3) is 0 Å². The number of hydrogen-bond acceptors (Lipinski definition) is 3. The average Bonchev–Trinajstić information content (AvgIpc) is 2.13. The third-order valence-electron chi connectivity index (χ3n) is 2.60. The van der Waals surface area contributed by atoms with Gasteiger partial charge in [0.05, 0.1) is 20.8 Å². The first-order valence-corrected chi connectivity index (χ1v) is 13.0. The van der Waals surface area contributed by atoms with Crippen LogP contribution >= 0.6 is 0 Å². The molecule has 0 aromatic rings. The number of carbonyl (C=O) groups excluding carboxylic acids is 1. The zero-order valence-electron chi connectivity index (χ0n) is 12.9. The van der Waals surface area contributed by atoms with Crippen molar-refractivity contribution in [2.45, 2.75) is 46.2 Å². The van der Waals surface area contributed by atoms with Gasteiger partial charge in [-0.2, -0.15) is 0 Å². The minimum Gasteiger partial charge on any atom is -0.544 e. The first-order valence-electron chi connectivity index (χ1n) is 6.08. The number of methoxy groups -OCH3 is 1. The fourth-order valence-corrected chi connectivity index (χ4v) is 3.21. The van der Waals surface area contributed by atoms with E-state index in [1.54, 1.807) is 0 Å². The number of esters is 1. The second kappa shape index (κ2) is 5.88. The highest BCUT2D eigenvalue weighted by Gasteiger charge is 2.28. The van der Waals surface area contributed by atoms with Crippen LogP contribution in [-0.2, 0) is 14.0 Å². The molecule has 0 rings (SSSR count). The summed E-state index contributed by atoms with van der Waals surface area (Å²) in [6, 6.07) is 0. The van der Waals surface area contributed by atoms with Crippen molar-refractivity contribution in [2.24, 2.45) is 0 Å². The Morgan fingerprint density at radius 1 is 1.06 bits per heavy atom. The molecule has 0 N–H and O–H groups in total. The van der Waals surface area contributed by atoms with Gasteiger partial charge in [-0.05, 0) is 26.6 Å². The molecule has 0 saturated carbocycles. The quantitative estimate of drug-likeness (QED) is 0.254. The molecule has 5 heteroatoms. The van der Waals surface area contributed by atoms with E-state index in [1.165, 1.54) is 7.11 Å². The van der Waals surface area contributed by atoms with Crippen molar-refractivity contribution < 1.29 is 14.0 Å². The van der Waals surface area contributed by atoms with Crippen LogP contribution in [0.4, 0.5) is 0 Å². The van der Waals surface area contributed by atoms with E-state index in [2.05, 4.69) is 45.9 Å². The van der Waals surface area contributed by atoms with Gasteiger partial charge in [0, 0.05) is 0 Å². The molecule has 0 bridgehead atoms. The van der Waals surface area contributed by atoms with Gasteiger partial charge in [-0.1, -0.05) is 31.4 Å². The summed E-state index contributed by atoms with van der Waals surface area (Å²) in [4.78, 5) is 11.9. The standard InChI is InChI=1S/C13H26O3Si2/c1-10(16-18(7,8)9)12(13(14)15-3)11(2)17(4,5)6/h1H2,2-9H3/b12-11+. The predicted octanol–water partition coefficient (Wildman–Crippen LogP) is 3.72. The molecule has 104 valence electrons. The highest BCUT2D eigenvalue weighted by Crippen LogP contribution is 2.26.